The van der Waals surface area contributed by atoms with Crippen molar-refractivity contribution in [2.75, 3.05) is 18.2 Å². The molecule has 0 aliphatic rings. The van der Waals surface area contributed by atoms with Crippen LogP contribution in [0, 0.1) is 0 Å². The van der Waals surface area contributed by atoms with Gasteiger partial charge < -0.3 is 10.4 Å². The fraction of sp³-hybridized carbons (Fsp3) is 0.308. The molecule has 1 aromatic carbocycles. The highest BCUT2D eigenvalue weighted by atomic mass is 32.2. The third-order valence-electron chi connectivity index (χ3n) is 2.82. The molecule has 1 aromatic heterocycles. The summed E-state index contributed by atoms with van der Waals surface area (Å²) in [5, 5.41) is 17.8. The van der Waals surface area contributed by atoms with E-state index >= 15 is 0 Å². The first-order valence-corrected chi connectivity index (χ1v) is 7.67. The number of carbonyl (C=O) groups excluding carboxylic acids is 1. The van der Waals surface area contributed by atoms with Crippen molar-refractivity contribution in [3.8, 4) is 0 Å². The number of carbonyl (C=O) groups is 1. The molecule has 0 saturated heterocycles. The van der Waals surface area contributed by atoms with Crippen LogP contribution < -0.4 is 5.32 Å². The molecule has 22 heavy (non-hydrogen) atoms. The van der Waals surface area contributed by atoms with Crippen LogP contribution in [0.4, 0.5) is 14.5 Å². The average Bonchev–Trinajstić information content (AvgIpc) is 3.00. The Morgan fingerprint density at radius 1 is 1.45 bits per heavy atom. The van der Waals surface area contributed by atoms with Gasteiger partial charge in [0.1, 0.15) is 6.61 Å². The molecule has 2 rings (SSSR count). The second-order valence-electron chi connectivity index (χ2n) is 4.42. The fourth-order valence-corrected chi connectivity index (χ4v) is 2.27. The summed E-state index contributed by atoms with van der Waals surface area (Å²) >= 11 is 1.59. The highest BCUT2D eigenvalue weighted by molar-refractivity contribution is 7.97. The van der Waals surface area contributed by atoms with E-state index in [1.54, 1.807) is 23.9 Å². The van der Waals surface area contributed by atoms with Gasteiger partial charge in [0.25, 0.3) is 5.91 Å². The van der Waals surface area contributed by atoms with Crippen LogP contribution in [-0.4, -0.2) is 38.9 Å². The predicted molar refractivity (Wildman–Crippen MR) is 78.9 cm³/mol. The van der Waals surface area contributed by atoms with Gasteiger partial charge in [0.2, 0.25) is 0 Å². The number of nitrogens with zero attached hydrogens (tertiary/aromatic N) is 3. The van der Waals surface area contributed by atoms with Crippen molar-refractivity contribution in [2.24, 2.45) is 0 Å². The van der Waals surface area contributed by atoms with Crippen LogP contribution in [0.2, 0.25) is 0 Å². The molecule has 0 aliphatic heterocycles. The van der Waals surface area contributed by atoms with Crippen molar-refractivity contribution in [1.82, 2.24) is 15.0 Å². The summed E-state index contributed by atoms with van der Waals surface area (Å²) in [5.74, 6) is 0.0553. The Kier molecular flexibility index (Phi) is 5.09. The number of benzene rings is 1. The number of alkyl halides is 2. The zero-order chi connectivity index (χ0) is 16.2. The highest BCUT2D eigenvalue weighted by Gasteiger charge is 2.32. The number of halogens is 2. The quantitative estimate of drug-likeness (QED) is 0.847. The number of anilines is 1. The van der Waals surface area contributed by atoms with E-state index in [9.17, 15) is 13.6 Å². The van der Waals surface area contributed by atoms with Gasteiger partial charge in [-0.05, 0) is 17.9 Å². The van der Waals surface area contributed by atoms with Crippen LogP contribution in [0.3, 0.4) is 0 Å². The molecule has 6 nitrogen and oxygen atoms in total. The molecule has 118 valence electrons. The van der Waals surface area contributed by atoms with E-state index in [1.165, 1.54) is 0 Å². The molecular weight excluding hydrogens is 314 g/mol. The summed E-state index contributed by atoms with van der Waals surface area (Å²) in [6.07, 6.45) is 2.73. The second kappa shape index (κ2) is 6.84. The minimum atomic E-state index is -3.59. The van der Waals surface area contributed by atoms with E-state index in [4.69, 9.17) is 5.11 Å². The SMILES string of the molecule is CSCc1ccccc1NC(=O)c1cn(C(F)(F)CO)nn1. The molecule has 0 spiro atoms. The largest absolute Gasteiger partial charge is 0.388 e. The number of thioether (sulfide) groups is 1. The van der Waals surface area contributed by atoms with E-state index in [0.717, 1.165) is 11.8 Å². The fourth-order valence-electron chi connectivity index (χ4n) is 1.71. The summed E-state index contributed by atoms with van der Waals surface area (Å²) in [5.41, 5.74) is 1.24. The lowest BCUT2D eigenvalue weighted by Crippen LogP contribution is -2.27. The van der Waals surface area contributed by atoms with Crippen LogP contribution in [0.5, 0.6) is 0 Å². The molecule has 0 bridgehead atoms. The van der Waals surface area contributed by atoms with Gasteiger partial charge in [-0.3, -0.25) is 4.79 Å². The molecule has 9 heteroatoms. The maximum Gasteiger partial charge on any atom is 0.367 e. The van der Waals surface area contributed by atoms with E-state index in [-0.39, 0.29) is 10.4 Å². The zero-order valence-electron chi connectivity index (χ0n) is 11.7. The number of aliphatic hydroxyl groups excluding tert-OH is 1. The first-order chi connectivity index (χ1) is 10.5. The van der Waals surface area contributed by atoms with Crippen molar-refractivity contribution < 1.29 is 18.7 Å². The highest BCUT2D eigenvalue weighted by Crippen LogP contribution is 2.21. The molecule has 1 amide bonds. The summed E-state index contributed by atoms with van der Waals surface area (Å²) in [6.45, 7) is -1.42. The van der Waals surface area contributed by atoms with Gasteiger partial charge in [-0.1, -0.05) is 23.4 Å². The normalized spacial score (nSPS) is 11.5. The molecule has 0 unspecified atom stereocenters. The number of hydrogen-bond acceptors (Lipinski definition) is 5. The minimum Gasteiger partial charge on any atom is -0.388 e. The van der Waals surface area contributed by atoms with Gasteiger partial charge in [-0.2, -0.15) is 25.2 Å². The Morgan fingerprint density at radius 2 is 2.18 bits per heavy atom. The maximum absolute atomic E-state index is 13.2. The number of nitrogens with one attached hydrogen (secondary N) is 1. The van der Waals surface area contributed by atoms with Crippen molar-refractivity contribution in [1.29, 1.82) is 0 Å². The number of aliphatic hydroxyl groups is 1. The molecule has 0 atom stereocenters. The topological polar surface area (TPSA) is 80.0 Å². The molecule has 0 saturated carbocycles. The van der Waals surface area contributed by atoms with E-state index in [1.807, 2.05) is 18.4 Å². The van der Waals surface area contributed by atoms with E-state index in [0.29, 0.717) is 11.4 Å². The van der Waals surface area contributed by atoms with Gasteiger partial charge in [-0.15, -0.1) is 5.10 Å². The zero-order valence-corrected chi connectivity index (χ0v) is 12.5. The number of para-hydroxylation sites is 1. The third kappa shape index (κ3) is 3.60. The molecule has 1 heterocycles. The molecule has 0 fully saturated rings. The van der Waals surface area contributed by atoms with E-state index in [2.05, 4.69) is 15.6 Å². The molecule has 0 radical (unpaired) electrons. The minimum absolute atomic E-state index is 0.162. The number of rotatable bonds is 6. The smallest absolute Gasteiger partial charge is 0.367 e. The first kappa shape index (κ1) is 16.4. The standard InChI is InChI=1S/C13H14F2N4O2S/c1-22-7-9-4-2-3-5-10(9)16-12(21)11-6-19(18-17-11)13(14,15)8-20/h2-6,20H,7-8H2,1H3,(H,16,21). The third-order valence-corrected chi connectivity index (χ3v) is 3.42. The van der Waals surface area contributed by atoms with Gasteiger partial charge in [0.05, 0.1) is 6.20 Å². The lowest BCUT2D eigenvalue weighted by molar-refractivity contribution is -0.131. The first-order valence-electron chi connectivity index (χ1n) is 6.27. The predicted octanol–water partition coefficient (Wildman–Crippen LogP) is 1.94. The average molecular weight is 328 g/mol. The van der Waals surface area contributed by atoms with Crippen LogP contribution >= 0.6 is 11.8 Å². The Bertz CT molecular complexity index is 663. The van der Waals surface area contributed by atoms with Crippen LogP contribution in [0.25, 0.3) is 0 Å². The lowest BCUT2D eigenvalue weighted by Gasteiger charge is -2.11. The molecular formula is C13H14F2N4O2S. The maximum atomic E-state index is 13.2. The van der Waals surface area contributed by atoms with Crippen molar-refractivity contribution in [3.63, 3.8) is 0 Å². The Balaban J connectivity index is 2.17. The Hall–Kier alpha value is -2.00. The van der Waals surface area contributed by atoms with Crippen LogP contribution in [-0.2, 0) is 11.8 Å². The molecule has 2 N–H and O–H groups in total. The number of aromatic nitrogens is 3. The Labute approximate surface area is 129 Å². The van der Waals surface area contributed by atoms with Crippen molar-refractivity contribution in [3.05, 3.63) is 41.7 Å². The van der Waals surface area contributed by atoms with Gasteiger partial charge >= 0.3 is 6.05 Å². The second-order valence-corrected chi connectivity index (χ2v) is 5.28. The summed E-state index contributed by atoms with van der Waals surface area (Å²) in [6, 6.07) is 3.59. The van der Waals surface area contributed by atoms with Crippen molar-refractivity contribution >= 4 is 23.4 Å². The monoisotopic (exact) mass is 328 g/mol. The summed E-state index contributed by atoms with van der Waals surface area (Å²) in [4.78, 5) is 12.1. The van der Waals surface area contributed by atoms with E-state index < -0.39 is 18.6 Å². The van der Waals surface area contributed by atoms with Gasteiger partial charge in [-0.25, -0.2) is 0 Å². The summed E-state index contributed by atoms with van der Waals surface area (Å²) < 4.78 is 26.6. The number of amides is 1. The lowest BCUT2D eigenvalue weighted by atomic mass is 10.2. The molecule has 0 aliphatic carbocycles. The Morgan fingerprint density at radius 3 is 2.86 bits per heavy atom. The van der Waals surface area contributed by atoms with Gasteiger partial charge in [0.15, 0.2) is 5.69 Å². The van der Waals surface area contributed by atoms with Crippen LogP contribution in [0.1, 0.15) is 16.1 Å². The number of hydrogen-bond donors (Lipinski definition) is 2. The summed E-state index contributed by atoms with van der Waals surface area (Å²) in [7, 11) is 0. The van der Waals surface area contributed by atoms with Crippen LogP contribution in [0.15, 0.2) is 30.5 Å². The van der Waals surface area contributed by atoms with Gasteiger partial charge in [0, 0.05) is 11.4 Å². The molecule has 2 aromatic rings. The van der Waals surface area contributed by atoms with Crippen molar-refractivity contribution in [2.45, 2.75) is 11.8 Å².